The first kappa shape index (κ1) is 14.4. The molecule has 7 heteroatoms. The van der Waals surface area contributed by atoms with E-state index >= 15 is 0 Å². The van der Waals surface area contributed by atoms with E-state index in [2.05, 4.69) is 10.6 Å². The van der Waals surface area contributed by atoms with Crippen LogP contribution in [0.25, 0.3) is 0 Å². The van der Waals surface area contributed by atoms with Crippen molar-refractivity contribution in [2.24, 2.45) is 0 Å². The van der Waals surface area contributed by atoms with Gasteiger partial charge in [-0.15, -0.1) is 0 Å². The number of hydrogen-bond donors (Lipinski definition) is 2. The summed E-state index contributed by atoms with van der Waals surface area (Å²) < 4.78 is 5.47. The van der Waals surface area contributed by atoms with E-state index in [-0.39, 0.29) is 24.1 Å². The van der Waals surface area contributed by atoms with Crippen LogP contribution in [0.1, 0.15) is 20.3 Å². The molecule has 1 saturated heterocycles. The fourth-order valence-corrected chi connectivity index (χ4v) is 2.63. The van der Waals surface area contributed by atoms with Gasteiger partial charge in [-0.25, -0.2) is 0 Å². The molecule has 2 N–H and O–H groups in total. The zero-order chi connectivity index (χ0) is 15.9. The smallest absolute Gasteiger partial charge is 0.265 e. The zero-order valence-corrected chi connectivity index (χ0v) is 12.4. The Hall–Kier alpha value is -2.57. The van der Waals surface area contributed by atoms with Crippen molar-refractivity contribution >= 4 is 29.1 Å². The van der Waals surface area contributed by atoms with Gasteiger partial charge in [0.2, 0.25) is 5.91 Å². The molecule has 0 aromatic heterocycles. The molecule has 2 aliphatic heterocycles. The lowest BCUT2D eigenvalue weighted by Crippen LogP contribution is -2.35. The Kier molecular flexibility index (Phi) is 3.48. The van der Waals surface area contributed by atoms with Crippen molar-refractivity contribution in [3.63, 3.8) is 0 Å². The Morgan fingerprint density at radius 1 is 1.36 bits per heavy atom. The van der Waals surface area contributed by atoms with Gasteiger partial charge in [0.05, 0.1) is 12.1 Å². The van der Waals surface area contributed by atoms with Gasteiger partial charge in [-0.1, -0.05) is 0 Å². The first-order valence-corrected chi connectivity index (χ1v) is 7.22. The minimum Gasteiger partial charge on any atom is -0.479 e. The summed E-state index contributed by atoms with van der Waals surface area (Å²) >= 11 is 0. The molecule has 0 radical (unpaired) electrons. The van der Waals surface area contributed by atoms with E-state index in [1.807, 2.05) is 0 Å². The number of rotatable bonds is 3. The standard InChI is InChI=1S/C15H17N3O4/c1-3-18-13(19)7-11(15(18)21)16-9-4-5-12-10(6-9)17-14(20)8(2)22-12/h4-6,8,11,16H,3,7H2,1-2H3,(H,17,20)/t8-,11+/m1/s1. The van der Waals surface area contributed by atoms with Gasteiger partial charge in [-0.2, -0.15) is 0 Å². The molecule has 0 unspecified atom stereocenters. The van der Waals surface area contributed by atoms with Gasteiger partial charge in [-0.3, -0.25) is 19.3 Å². The van der Waals surface area contributed by atoms with E-state index in [9.17, 15) is 14.4 Å². The van der Waals surface area contributed by atoms with E-state index < -0.39 is 12.1 Å². The number of benzene rings is 1. The van der Waals surface area contributed by atoms with Crippen LogP contribution in [-0.4, -0.2) is 41.3 Å². The highest BCUT2D eigenvalue weighted by Crippen LogP contribution is 2.32. The first-order valence-electron chi connectivity index (χ1n) is 7.22. The van der Waals surface area contributed by atoms with Gasteiger partial charge >= 0.3 is 0 Å². The molecule has 1 fully saturated rings. The van der Waals surface area contributed by atoms with Gasteiger partial charge in [0.25, 0.3) is 11.8 Å². The molecule has 116 valence electrons. The summed E-state index contributed by atoms with van der Waals surface area (Å²) in [5.41, 5.74) is 1.21. The largest absolute Gasteiger partial charge is 0.479 e. The number of carbonyl (C=O) groups is 3. The van der Waals surface area contributed by atoms with Crippen molar-refractivity contribution in [2.45, 2.75) is 32.4 Å². The number of anilines is 2. The van der Waals surface area contributed by atoms with E-state index in [4.69, 9.17) is 4.74 Å². The van der Waals surface area contributed by atoms with Crippen LogP contribution in [0.4, 0.5) is 11.4 Å². The maximum absolute atomic E-state index is 12.1. The number of imide groups is 1. The van der Waals surface area contributed by atoms with Crippen LogP contribution in [-0.2, 0) is 14.4 Å². The maximum atomic E-state index is 12.1. The number of likely N-dealkylation sites (tertiary alicyclic amines) is 1. The molecular formula is C15H17N3O4. The number of likely N-dealkylation sites (N-methyl/N-ethyl adjacent to an activating group) is 1. The van der Waals surface area contributed by atoms with Gasteiger partial charge < -0.3 is 15.4 Å². The Balaban J connectivity index is 1.77. The fraction of sp³-hybridized carbons (Fsp3) is 0.400. The first-order chi connectivity index (χ1) is 10.5. The quantitative estimate of drug-likeness (QED) is 0.812. The third-order valence-electron chi connectivity index (χ3n) is 3.81. The molecule has 2 aliphatic rings. The fourth-order valence-electron chi connectivity index (χ4n) is 2.63. The lowest BCUT2D eigenvalue weighted by molar-refractivity contribution is -0.138. The third-order valence-corrected chi connectivity index (χ3v) is 3.81. The molecule has 0 saturated carbocycles. The van der Waals surface area contributed by atoms with Crippen LogP contribution in [0, 0.1) is 0 Å². The zero-order valence-electron chi connectivity index (χ0n) is 12.4. The van der Waals surface area contributed by atoms with Crippen molar-refractivity contribution in [2.75, 3.05) is 17.2 Å². The van der Waals surface area contributed by atoms with Crippen LogP contribution in [0.2, 0.25) is 0 Å². The normalized spacial score (nSPS) is 23.9. The van der Waals surface area contributed by atoms with Gasteiger partial charge in [0.15, 0.2) is 6.10 Å². The third kappa shape index (κ3) is 2.38. The van der Waals surface area contributed by atoms with E-state index in [1.165, 1.54) is 4.90 Å². The van der Waals surface area contributed by atoms with E-state index in [1.54, 1.807) is 32.0 Å². The molecule has 1 aromatic rings. The number of amides is 3. The molecule has 3 rings (SSSR count). The van der Waals surface area contributed by atoms with Crippen molar-refractivity contribution in [1.82, 2.24) is 4.90 Å². The van der Waals surface area contributed by atoms with Gasteiger partial charge in [-0.05, 0) is 32.0 Å². The number of fused-ring (bicyclic) bond motifs is 1. The minimum absolute atomic E-state index is 0.143. The maximum Gasteiger partial charge on any atom is 0.265 e. The highest BCUT2D eigenvalue weighted by Gasteiger charge is 2.37. The molecule has 7 nitrogen and oxygen atoms in total. The van der Waals surface area contributed by atoms with E-state index in [0.717, 1.165) is 0 Å². The SMILES string of the molecule is CCN1C(=O)C[C@H](Nc2ccc3c(c2)NC(=O)[C@@H](C)O3)C1=O. The van der Waals surface area contributed by atoms with Crippen molar-refractivity contribution < 1.29 is 19.1 Å². The number of hydrogen-bond acceptors (Lipinski definition) is 5. The second-order valence-corrected chi connectivity index (χ2v) is 5.34. The molecule has 1 aromatic carbocycles. The highest BCUT2D eigenvalue weighted by atomic mass is 16.5. The second-order valence-electron chi connectivity index (χ2n) is 5.34. The summed E-state index contributed by atoms with van der Waals surface area (Å²) in [7, 11) is 0. The monoisotopic (exact) mass is 303 g/mol. The summed E-state index contributed by atoms with van der Waals surface area (Å²) in [4.78, 5) is 36.7. The van der Waals surface area contributed by atoms with Crippen molar-refractivity contribution in [3.05, 3.63) is 18.2 Å². The number of carbonyl (C=O) groups excluding carboxylic acids is 3. The predicted octanol–water partition coefficient (Wildman–Crippen LogP) is 0.965. The molecule has 3 amide bonds. The Morgan fingerprint density at radius 2 is 2.14 bits per heavy atom. The van der Waals surface area contributed by atoms with E-state index in [0.29, 0.717) is 23.7 Å². The predicted molar refractivity (Wildman–Crippen MR) is 79.6 cm³/mol. The lowest BCUT2D eigenvalue weighted by atomic mass is 10.2. The summed E-state index contributed by atoms with van der Waals surface area (Å²) in [6.45, 7) is 3.82. The van der Waals surface area contributed by atoms with Crippen molar-refractivity contribution in [1.29, 1.82) is 0 Å². The molecular weight excluding hydrogens is 286 g/mol. The molecule has 22 heavy (non-hydrogen) atoms. The van der Waals surface area contributed by atoms with Crippen LogP contribution in [0.3, 0.4) is 0 Å². The molecule has 0 spiro atoms. The highest BCUT2D eigenvalue weighted by molar-refractivity contribution is 6.07. The average molecular weight is 303 g/mol. The Labute approximate surface area is 127 Å². The Bertz CT molecular complexity index is 658. The molecule has 0 bridgehead atoms. The number of nitrogens with zero attached hydrogens (tertiary/aromatic N) is 1. The second kappa shape index (κ2) is 5.32. The van der Waals surface area contributed by atoms with Gasteiger partial charge in [0.1, 0.15) is 11.8 Å². The minimum atomic E-state index is -0.565. The topological polar surface area (TPSA) is 87.7 Å². The lowest BCUT2D eigenvalue weighted by Gasteiger charge is -2.24. The average Bonchev–Trinajstić information content (AvgIpc) is 2.74. The summed E-state index contributed by atoms with van der Waals surface area (Å²) in [6.07, 6.45) is -0.387. The number of ether oxygens (including phenoxy) is 1. The summed E-state index contributed by atoms with van der Waals surface area (Å²) in [6, 6.07) is 4.62. The molecule has 0 aliphatic carbocycles. The van der Waals surface area contributed by atoms with Crippen LogP contribution < -0.4 is 15.4 Å². The van der Waals surface area contributed by atoms with Crippen LogP contribution in [0.15, 0.2) is 18.2 Å². The number of nitrogens with one attached hydrogen (secondary N) is 2. The van der Waals surface area contributed by atoms with Gasteiger partial charge in [0, 0.05) is 12.2 Å². The summed E-state index contributed by atoms with van der Waals surface area (Å²) in [5, 5.41) is 5.79. The Morgan fingerprint density at radius 3 is 2.82 bits per heavy atom. The van der Waals surface area contributed by atoms with Crippen molar-refractivity contribution in [3.8, 4) is 5.75 Å². The molecule has 2 atom stereocenters. The summed E-state index contributed by atoms with van der Waals surface area (Å²) in [5.74, 6) is -0.0249. The molecule has 2 heterocycles. The van der Waals surface area contributed by atoms with Crippen LogP contribution >= 0.6 is 0 Å². The van der Waals surface area contributed by atoms with Crippen LogP contribution in [0.5, 0.6) is 5.75 Å².